The van der Waals surface area contributed by atoms with Crippen LogP contribution >= 0.6 is 11.6 Å². The lowest BCUT2D eigenvalue weighted by Gasteiger charge is -2.44. The van der Waals surface area contributed by atoms with Crippen molar-refractivity contribution in [2.75, 3.05) is 11.9 Å². The summed E-state index contributed by atoms with van der Waals surface area (Å²) in [5.74, 6) is 0.792. The molecule has 5 rings (SSSR count). The third-order valence-electron chi connectivity index (χ3n) is 6.05. The molecule has 30 heavy (non-hydrogen) atoms. The number of imidazole rings is 1. The van der Waals surface area contributed by atoms with Crippen LogP contribution in [0.2, 0.25) is 5.02 Å². The van der Waals surface area contributed by atoms with Crippen LogP contribution in [0, 0.1) is 0 Å². The van der Waals surface area contributed by atoms with E-state index >= 15 is 0 Å². The van der Waals surface area contributed by atoms with Gasteiger partial charge in [0.15, 0.2) is 5.76 Å². The molecule has 3 aromatic rings. The first-order valence-electron chi connectivity index (χ1n) is 10.3. The summed E-state index contributed by atoms with van der Waals surface area (Å²) in [7, 11) is 0. The molecular formula is C22H24ClN5O2. The summed E-state index contributed by atoms with van der Waals surface area (Å²) in [5.41, 5.74) is 2.28. The number of hydrogen-bond donors (Lipinski definition) is 3. The van der Waals surface area contributed by atoms with Crippen LogP contribution in [0.4, 0.5) is 5.69 Å². The fraction of sp³-hybridized carbons (Fsp3) is 0.364. The molecular weight excluding hydrogens is 402 g/mol. The average molecular weight is 426 g/mol. The maximum Gasteiger partial charge on any atom is 0.287 e. The SMILES string of the molecule is C=C1Nc2c(Cl)cc3cc(C(=O)NCCn4ccnc4)oc3c2C2(CCCCC2)N1. The van der Waals surface area contributed by atoms with Gasteiger partial charge in [-0.05, 0) is 25.0 Å². The van der Waals surface area contributed by atoms with Gasteiger partial charge >= 0.3 is 0 Å². The fourth-order valence-electron chi connectivity index (χ4n) is 4.71. The molecule has 0 radical (unpaired) electrons. The number of hydrogen-bond acceptors (Lipinski definition) is 5. The Morgan fingerprint density at radius 2 is 2.17 bits per heavy atom. The highest BCUT2D eigenvalue weighted by Gasteiger charge is 2.42. The second kappa shape index (κ2) is 7.40. The van der Waals surface area contributed by atoms with Gasteiger partial charge < -0.3 is 24.9 Å². The molecule has 1 aliphatic heterocycles. The van der Waals surface area contributed by atoms with E-state index in [-0.39, 0.29) is 17.2 Å². The van der Waals surface area contributed by atoms with Crippen LogP contribution in [0.25, 0.3) is 11.0 Å². The first-order valence-corrected chi connectivity index (χ1v) is 10.7. The van der Waals surface area contributed by atoms with Crippen LogP contribution in [0.3, 0.4) is 0 Å². The Labute approximate surface area is 179 Å². The molecule has 0 unspecified atom stereocenters. The van der Waals surface area contributed by atoms with E-state index in [0.717, 1.165) is 48.1 Å². The van der Waals surface area contributed by atoms with Gasteiger partial charge in [-0.2, -0.15) is 0 Å². The molecule has 1 amide bonds. The summed E-state index contributed by atoms with van der Waals surface area (Å²) in [6, 6.07) is 3.62. The van der Waals surface area contributed by atoms with E-state index in [1.54, 1.807) is 18.6 Å². The van der Waals surface area contributed by atoms with Gasteiger partial charge in [0.25, 0.3) is 5.91 Å². The Morgan fingerprint density at radius 1 is 1.33 bits per heavy atom. The Bertz CT molecular complexity index is 1110. The average Bonchev–Trinajstić information content (AvgIpc) is 3.38. The molecule has 7 nitrogen and oxygen atoms in total. The molecule has 8 heteroatoms. The summed E-state index contributed by atoms with van der Waals surface area (Å²) in [6.07, 6.45) is 10.7. The summed E-state index contributed by atoms with van der Waals surface area (Å²) in [6.45, 7) is 5.22. The number of aromatic nitrogens is 2. The Kier molecular flexibility index (Phi) is 4.70. The predicted octanol–water partition coefficient (Wildman–Crippen LogP) is 4.36. The molecule has 0 saturated heterocycles. The highest BCUT2D eigenvalue weighted by atomic mass is 35.5. The zero-order valence-corrected chi connectivity index (χ0v) is 17.4. The summed E-state index contributed by atoms with van der Waals surface area (Å²) in [4.78, 5) is 16.7. The molecule has 1 aliphatic carbocycles. The van der Waals surface area contributed by atoms with Crippen LogP contribution in [0.15, 0.2) is 47.7 Å². The van der Waals surface area contributed by atoms with E-state index in [9.17, 15) is 4.79 Å². The molecule has 156 valence electrons. The minimum Gasteiger partial charge on any atom is -0.450 e. The number of fused-ring (bicyclic) bond motifs is 4. The van der Waals surface area contributed by atoms with Crippen molar-refractivity contribution in [1.29, 1.82) is 0 Å². The lowest BCUT2D eigenvalue weighted by molar-refractivity contribution is 0.0926. The first-order chi connectivity index (χ1) is 14.6. The highest BCUT2D eigenvalue weighted by Crippen LogP contribution is 2.49. The van der Waals surface area contributed by atoms with Gasteiger partial charge in [0.2, 0.25) is 0 Å². The monoisotopic (exact) mass is 425 g/mol. The predicted molar refractivity (Wildman–Crippen MR) is 116 cm³/mol. The van der Waals surface area contributed by atoms with E-state index in [1.165, 1.54) is 6.42 Å². The standard InChI is InChI=1S/C22H24ClN5O2/c1-14-26-19-16(23)11-15-12-17(21(29)25-8-10-28-9-7-24-13-28)30-20(15)18(19)22(27-14)5-3-2-4-6-22/h7,9,11-13,26-27H,1-6,8,10H2,(H,25,29). The minimum absolute atomic E-state index is 0.241. The highest BCUT2D eigenvalue weighted by molar-refractivity contribution is 6.34. The van der Waals surface area contributed by atoms with Crippen LogP contribution in [-0.4, -0.2) is 22.0 Å². The second-order valence-corrected chi connectivity index (χ2v) is 8.47. The van der Waals surface area contributed by atoms with E-state index in [0.29, 0.717) is 23.7 Å². The number of nitrogens with one attached hydrogen (secondary N) is 3. The normalized spacial score (nSPS) is 17.4. The van der Waals surface area contributed by atoms with Gasteiger partial charge in [-0.15, -0.1) is 0 Å². The first kappa shape index (κ1) is 19.1. The zero-order valence-electron chi connectivity index (χ0n) is 16.6. The van der Waals surface area contributed by atoms with Crippen molar-refractivity contribution in [2.45, 2.75) is 44.2 Å². The van der Waals surface area contributed by atoms with Gasteiger partial charge in [0.1, 0.15) is 5.58 Å². The molecule has 1 spiro atoms. The molecule has 2 aliphatic rings. The largest absolute Gasteiger partial charge is 0.450 e. The van der Waals surface area contributed by atoms with Crippen molar-refractivity contribution >= 4 is 34.2 Å². The zero-order chi connectivity index (χ0) is 20.7. The van der Waals surface area contributed by atoms with Crippen molar-refractivity contribution in [3.63, 3.8) is 0 Å². The lowest BCUT2D eigenvalue weighted by Crippen LogP contribution is -2.48. The Balaban J connectivity index is 1.49. The van der Waals surface area contributed by atoms with Gasteiger partial charge in [-0.3, -0.25) is 4.79 Å². The molecule has 1 aromatic carbocycles. The quantitative estimate of drug-likeness (QED) is 0.578. The smallest absolute Gasteiger partial charge is 0.287 e. The third kappa shape index (κ3) is 3.23. The van der Waals surface area contributed by atoms with Gasteiger partial charge in [-0.1, -0.05) is 37.4 Å². The number of rotatable bonds is 4. The molecule has 3 heterocycles. The minimum atomic E-state index is -0.272. The molecule has 1 saturated carbocycles. The lowest BCUT2D eigenvalue weighted by atomic mass is 9.74. The number of halogens is 1. The fourth-order valence-corrected chi connectivity index (χ4v) is 4.97. The number of nitrogens with zero attached hydrogens (tertiary/aromatic N) is 2. The van der Waals surface area contributed by atoms with Crippen LogP contribution in [0.5, 0.6) is 0 Å². The van der Waals surface area contributed by atoms with Crippen molar-refractivity contribution in [2.24, 2.45) is 0 Å². The van der Waals surface area contributed by atoms with E-state index in [4.69, 9.17) is 16.0 Å². The summed E-state index contributed by atoms with van der Waals surface area (Å²) >= 11 is 6.64. The number of carbonyl (C=O) groups is 1. The third-order valence-corrected chi connectivity index (χ3v) is 6.35. The molecule has 2 aromatic heterocycles. The van der Waals surface area contributed by atoms with Crippen molar-refractivity contribution < 1.29 is 9.21 Å². The van der Waals surface area contributed by atoms with Crippen LogP contribution in [-0.2, 0) is 12.1 Å². The number of furan rings is 1. The maximum atomic E-state index is 12.7. The number of amides is 1. The topological polar surface area (TPSA) is 84.1 Å². The summed E-state index contributed by atoms with van der Waals surface area (Å²) in [5, 5.41) is 11.2. The van der Waals surface area contributed by atoms with Crippen LogP contribution in [0.1, 0.15) is 48.2 Å². The molecule has 3 N–H and O–H groups in total. The Morgan fingerprint density at radius 3 is 2.93 bits per heavy atom. The summed E-state index contributed by atoms with van der Waals surface area (Å²) < 4.78 is 8.04. The molecule has 0 bridgehead atoms. The van der Waals surface area contributed by atoms with Crippen molar-refractivity contribution in [3.05, 3.63) is 59.6 Å². The van der Waals surface area contributed by atoms with Gasteiger partial charge in [0, 0.05) is 36.4 Å². The van der Waals surface area contributed by atoms with Crippen molar-refractivity contribution in [1.82, 2.24) is 20.2 Å². The number of anilines is 1. The second-order valence-electron chi connectivity index (χ2n) is 8.07. The van der Waals surface area contributed by atoms with E-state index < -0.39 is 0 Å². The molecule has 0 atom stereocenters. The van der Waals surface area contributed by atoms with E-state index in [2.05, 4.69) is 27.5 Å². The Hall–Kier alpha value is -2.93. The number of carbonyl (C=O) groups excluding carboxylic acids is 1. The maximum absolute atomic E-state index is 12.7. The van der Waals surface area contributed by atoms with E-state index in [1.807, 2.05) is 16.8 Å². The van der Waals surface area contributed by atoms with Crippen LogP contribution < -0.4 is 16.0 Å². The van der Waals surface area contributed by atoms with Crippen molar-refractivity contribution in [3.8, 4) is 0 Å². The molecule has 1 fully saturated rings. The van der Waals surface area contributed by atoms with Gasteiger partial charge in [0.05, 0.1) is 28.4 Å². The van der Waals surface area contributed by atoms with Gasteiger partial charge in [-0.25, -0.2) is 4.98 Å². The number of benzene rings is 1.